The molecule has 2 heterocycles. The first kappa shape index (κ1) is 30.4. The molecule has 4 aromatic rings. The molecule has 0 radical (unpaired) electrons. The molecule has 1 saturated heterocycles. The fourth-order valence-electron chi connectivity index (χ4n) is 6.20. The molecule has 230 valence electrons. The maximum Gasteiger partial charge on any atom is 0.371 e. The zero-order valence-electron chi connectivity index (χ0n) is 25.5. The molecule has 11 heteroatoms. The van der Waals surface area contributed by atoms with E-state index in [1.807, 2.05) is 42.3 Å². The van der Waals surface area contributed by atoms with Crippen molar-refractivity contribution >= 4 is 40.2 Å². The molecular formula is C33H39N7O4. The lowest BCUT2D eigenvalue weighted by atomic mass is 9.71. The molecule has 3 aromatic carbocycles. The lowest BCUT2D eigenvalue weighted by molar-refractivity contribution is -0.129. The van der Waals surface area contributed by atoms with E-state index in [0.717, 1.165) is 29.7 Å². The van der Waals surface area contributed by atoms with Gasteiger partial charge in [-0.2, -0.15) is 4.98 Å². The number of piperidine rings is 1. The smallest absolute Gasteiger partial charge is 0.371 e. The molecule has 0 amide bonds. The van der Waals surface area contributed by atoms with Gasteiger partial charge in [0.05, 0.1) is 19.7 Å². The van der Waals surface area contributed by atoms with E-state index in [4.69, 9.17) is 25.9 Å². The van der Waals surface area contributed by atoms with E-state index in [-0.39, 0.29) is 0 Å². The minimum atomic E-state index is -1.24. The standard InChI is InChI=1S/C33H39N7O4/c1-5-21-11-9-10-14-25(21)40-16-15-33(22-12-7-6-8-13-22,19-28(40)37-30(35)31(41)42)20-39(2)32-36-24-18-27(44-4)26(43-3)17-23(24)29(34)38-32/h6-14,17-18,28H,5,15-16,19-20H2,1-4H3,(H2,35,37)(H,41,42)(H2,34,36,38). The number of benzene rings is 3. The van der Waals surface area contributed by atoms with Crippen LogP contribution in [0.2, 0.25) is 0 Å². The van der Waals surface area contributed by atoms with Crippen LogP contribution >= 0.6 is 0 Å². The molecule has 1 aromatic heterocycles. The van der Waals surface area contributed by atoms with Crippen molar-refractivity contribution in [1.29, 1.82) is 0 Å². The van der Waals surface area contributed by atoms with Gasteiger partial charge in [0.2, 0.25) is 11.8 Å². The third-order valence-corrected chi connectivity index (χ3v) is 8.44. The van der Waals surface area contributed by atoms with Crippen LogP contribution in [0, 0.1) is 0 Å². The van der Waals surface area contributed by atoms with Gasteiger partial charge in [-0.25, -0.2) is 14.8 Å². The first-order valence-corrected chi connectivity index (χ1v) is 14.6. The van der Waals surface area contributed by atoms with Crippen LogP contribution in [0.1, 0.15) is 30.9 Å². The number of aliphatic imine (C=N–C) groups is 1. The number of fused-ring (bicyclic) bond motifs is 1. The van der Waals surface area contributed by atoms with Gasteiger partial charge in [0.25, 0.3) is 0 Å². The minimum Gasteiger partial charge on any atom is -0.493 e. The number of aliphatic carboxylic acids is 1. The number of anilines is 3. The van der Waals surface area contributed by atoms with Crippen LogP contribution in [-0.2, 0) is 16.6 Å². The van der Waals surface area contributed by atoms with Gasteiger partial charge < -0.3 is 35.8 Å². The van der Waals surface area contributed by atoms with Crippen LogP contribution in [0.5, 0.6) is 11.5 Å². The van der Waals surface area contributed by atoms with Crippen LogP contribution in [0.15, 0.2) is 71.7 Å². The number of amidine groups is 1. The predicted octanol–water partition coefficient (Wildman–Crippen LogP) is 4.23. The molecule has 5 N–H and O–H groups in total. The number of carboxylic acids is 1. The molecule has 0 aliphatic carbocycles. The normalized spacial score (nSPS) is 18.7. The number of methoxy groups -OCH3 is 2. The van der Waals surface area contributed by atoms with Crippen molar-refractivity contribution < 1.29 is 19.4 Å². The second kappa shape index (κ2) is 12.7. The number of nitrogens with two attached hydrogens (primary N) is 2. The maximum atomic E-state index is 11.8. The van der Waals surface area contributed by atoms with Gasteiger partial charge >= 0.3 is 5.97 Å². The third kappa shape index (κ3) is 5.90. The van der Waals surface area contributed by atoms with Crippen molar-refractivity contribution in [2.45, 2.75) is 37.8 Å². The Kier molecular flexibility index (Phi) is 8.75. The van der Waals surface area contributed by atoms with Gasteiger partial charge in [0.15, 0.2) is 11.5 Å². The first-order chi connectivity index (χ1) is 21.2. The number of nitrogen functional groups attached to an aromatic ring is 1. The van der Waals surface area contributed by atoms with E-state index in [1.165, 1.54) is 0 Å². The lowest BCUT2D eigenvalue weighted by Crippen LogP contribution is -2.53. The summed E-state index contributed by atoms with van der Waals surface area (Å²) in [5, 5.41) is 10.3. The zero-order chi connectivity index (χ0) is 31.4. The van der Waals surface area contributed by atoms with Crippen molar-refractivity contribution in [3.63, 3.8) is 0 Å². The Labute approximate surface area is 257 Å². The Hall–Kier alpha value is -5.06. The van der Waals surface area contributed by atoms with Gasteiger partial charge in [0, 0.05) is 42.7 Å². The number of aryl methyl sites for hydroxylation is 1. The summed E-state index contributed by atoms with van der Waals surface area (Å²) in [7, 11) is 5.08. The third-order valence-electron chi connectivity index (χ3n) is 8.44. The number of carbonyl (C=O) groups is 1. The molecule has 1 aliphatic heterocycles. The molecule has 1 fully saturated rings. The molecule has 0 saturated carbocycles. The monoisotopic (exact) mass is 597 g/mol. The summed E-state index contributed by atoms with van der Waals surface area (Å²) in [6.07, 6.45) is 1.61. The number of hydrogen-bond donors (Lipinski definition) is 3. The minimum absolute atomic E-state index is 0.328. The molecule has 2 unspecified atom stereocenters. The van der Waals surface area contributed by atoms with Crippen molar-refractivity contribution in [2.24, 2.45) is 10.7 Å². The number of likely N-dealkylation sites (N-methyl/N-ethyl adjacent to an activating group) is 1. The van der Waals surface area contributed by atoms with E-state index in [0.29, 0.717) is 53.7 Å². The van der Waals surface area contributed by atoms with E-state index < -0.39 is 23.4 Å². The number of hydrogen-bond acceptors (Lipinski definition) is 9. The van der Waals surface area contributed by atoms with Crippen molar-refractivity contribution in [1.82, 2.24) is 9.97 Å². The van der Waals surface area contributed by atoms with Gasteiger partial charge in [0.1, 0.15) is 12.0 Å². The Morgan fingerprint density at radius 2 is 1.77 bits per heavy atom. The van der Waals surface area contributed by atoms with Crippen molar-refractivity contribution in [3.05, 3.63) is 77.9 Å². The van der Waals surface area contributed by atoms with E-state index in [2.05, 4.69) is 46.1 Å². The maximum absolute atomic E-state index is 11.8. The average molecular weight is 598 g/mol. The molecule has 2 atom stereocenters. The molecule has 1 aliphatic rings. The van der Waals surface area contributed by atoms with E-state index >= 15 is 0 Å². The van der Waals surface area contributed by atoms with Crippen molar-refractivity contribution in [3.8, 4) is 11.5 Å². The van der Waals surface area contributed by atoms with Gasteiger partial charge in [-0.15, -0.1) is 0 Å². The summed E-state index contributed by atoms with van der Waals surface area (Å²) in [6, 6.07) is 22.0. The second-order valence-electron chi connectivity index (χ2n) is 11.1. The molecular weight excluding hydrogens is 558 g/mol. The van der Waals surface area contributed by atoms with Crippen LogP contribution in [0.3, 0.4) is 0 Å². The number of carboxylic acid groups (broad SMARTS) is 1. The van der Waals surface area contributed by atoms with Gasteiger partial charge in [-0.05, 0) is 42.5 Å². The Bertz CT molecular complexity index is 1680. The zero-order valence-corrected chi connectivity index (χ0v) is 25.5. The summed E-state index contributed by atoms with van der Waals surface area (Å²) in [6.45, 7) is 3.27. The molecule has 44 heavy (non-hydrogen) atoms. The molecule has 5 rings (SSSR count). The fraction of sp³-hybridized carbons (Fsp3) is 0.333. The van der Waals surface area contributed by atoms with Crippen LogP contribution in [-0.4, -0.2) is 67.4 Å². The second-order valence-corrected chi connectivity index (χ2v) is 11.1. The highest BCUT2D eigenvalue weighted by atomic mass is 16.5. The molecule has 0 spiro atoms. The Morgan fingerprint density at radius 3 is 2.45 bits per heavy atom. The largest absolute Gasteiger partial charge is 0.493 e. The number of ether oxygens (including phenoxy) is 2. The van der Waals surface area contributed by atoms with Crippen LogP contribution in [0.4, 0.5) is 17.5 Å². The topological polar surface area (TPSA) is 152 Å². The SMILES string of the molecule is CCc1ccccc1N1CCC(CN(C)c2nc(N)c3cc(OC)c(OC)cc3n2)(c2ccccc2)CC1/N=C(\N)C(=O)O. The summed E-state index contributed by atoms with van der Waals surface area (Å²) < 4.78 is 10.9. The molecule has 0 bridgehead atoms. The predicted molar refractivity (Wildman–Crippen MR) is 174 cm³/mol. The number of rotatable bonds is 9. The summed E-state index contributed by atoms with van der Waals surface area (Å²) in [5.41, 5.74) is 15.9. The summed E-state index contributed by atoms with van der Waals surface area (Å²) in [4.78, 5) is 30.1. The quantitative estimate of drug-likeness (QED) is 0.189. The summed E-state index contributed by atoms with van der Waals surface area (Å²) in [5.74, 6) is 0.220. The summed E-state index contributed by atoms with van der Waals surface area (Å²) >= 11 is 0. The highest BCUT2D eigenvalue weighted by Gasteiger charge is 2.43. The van der Waals surface area contributed by atoms with Gasteiger partial charge in [-0.1, -0.05) is 55.5 Å². The Morgan fingerprint density at radius 1 is 1.09 bits per heavy atom. The first-order valence-electron chi connectivity index (χ1n) is 14.6. The highest BCUT2D eigenvalue weighted by molar-refractivity contribution is 6.33. The van der Waals surface area contributed by atoms with Crippen LogP contribution < -0.4 is 30.7 Å². The average Bonchev–Trinajstić information content (AvgIpc) is 3.04. The number of para-hydroxylation sites is 1. The van der Waals surface area contributed by atoms with E-state index in [9.17, 15) is 9.90 Å². The number of nitrogens with zero attached hydrogens (tertiary/aromatic N) is 5. The van der Waals surface area contributed by atoms with Crippen LogP contribution in [0.25, 0.3) is 10.9 Å². The van der Waals surface area contributed by atoms with Crippen molar-refractivity contribution in [2.75, 3.05) is 49.9 Å². The number of aromatic nitrogens is 2. The van der Waals surface area contributed by atoms with Gasteiger partial charge in [-0.3, -0.25) is 0 Å². The van der Waals surface area contributed by atoms with E-state index in [1.54, 1.807) is 26.4 Å². The Balaban J connectivity index is 1.57. The fourth-order valence-corrected chi connectivity index (χ4v) is 6.20. The lowest BCUT2D eigenvalue weighted by Gasteiger charge is -2.48. The highest BCUT2D eigenvalue weighted by Crippen LogP contribution is 2.42. The molecule has 11 nitrogen and oxygen atoms in total.